The van der Waals surface area contributed by atoms with Gasteiger partial charge in [0.2, 0.25) is 0 Å². The van der Waals surface area contributed by atoms with Gasteiger partial charge in [-0.1, -0.05) is 36.4 Å². The summed E-state index contributed by atoms with van der Waals surface area (Å²) < 4.78 is 2.20. The van der Waals surface area contributed by atoms with Crippen molar-refractivity contribution >= 4 is 29.2 Å². The van der Waals surface area contributed by atoms with E-state index in [-0.39, 0.29) is 18.3 Å². The van der Waals surface area contributed by atoms with Crippen molar-refractivity contribution in [1.29, 1.82) is 0 Å². The molecule has 0 aliphatic carbocycles. The lowest BCUT2D eigenvalue weighted by Crippen LogP contribution is -2.26. The van der Waals surface area contributed by atoms with Crippen molar-refractivity contribution in [2.75, 3.05) is 7.05 Å². The summed E-state index contributed by atoms with van der Waals surface area (Å²) in [4.78, 5) is 22.5. The highest BCUT2D eigenvalue weighted by Gasteiger charge is 2.23. The summed E-state index contributed by atoms with van der Waals surface area (Å²) in [6, 6.07) is 14.8. The third-order valence-corrected chi connectivity index (χ3v) is 5.72. The summed E-state index contributed by atoms with van der Waals surface area (Å²) in [6.07, 6.45) is 5.67. The van der Waals surface area contributed by atoms with E-state index in [4.69, 9.17) is 0 Å². The van der Waals surface area contributed by atoms with Gasteiger partial charge in [-0.15, -0.1) is 12.4 Å². The van der Waals surface area contributed by atoms with Crippen LogP contribution in [0.2, 0.25) is 0 Å². The van der Waals surface area contributed by atoms with Gasteiger partial charge in [0.1, 0.15) is 0 Å². The van der Waals surface area contributed by atoms with Crippen molar-refractivity contribution in [1.82, 2.24) is 19.4 Å². The minimum Gasteiger partial charge on any atom is -0.348 e. The van der Waals surface area contributed by atoms with Gasteiger partial charge in [-0.05, 0) is 37.0 Å². The number of hydrogen-bond acceptors (Lipinski definition) is 2. The van der Waals surface area contributed by atoms with Crippen molar-refractivity contribution in [3.63, 3.8) is 0 Å². The maximum absolute atomic E-state index is 13.3. The lowest BCUT2D eigenvalue weighted by atomic mass is 10.0. The number of carbonyl (C=O) groups is 1. The number of fused-ring (bicyclic) bond motifs is 2. The molecular formula is C23H23ClN4O. The predicted octanol–water partition coefficient (Wildman–Crippen LogP) is 4.45. The van der Waals surface area contributed by atoms with Gasteiger partial charge in [0.15, 0.2) is 0 Å². The number of aryl methyl sites for hydroxylation is 3. The van der Waals surface area contributed by atoms with Crippen LogP contribution in [0, 0.1) is 6.92 Å². The van der Waals surface area contributed by atoms with Crippen LogP contribution < -0.4 is 0 Å². The zero-order valence-electron chi connectivity index (χ0n) is 16.5. The van der Waals surface area contributed by atoms with Crippen molar-refractivity contribution < 1.29 is 4.79 Å². The summed E-state index contributed by atoms with van der Waals surface area (Å²) in [5.41, 5.74) is 7.56. The van der Waals surface area contributed by atoms with Crippen LogP contribution in [-0.2, 0) is 19.4 Å². The Morgan fingerprint density at radius 1 is 1.14 bits per heavy atom. The Hall–Kier alpha value is -3.05. The van der Waals surface area contributed by atoms with Crippen LogP contribution in [-0.4, -0.2) is 32.4 Å². The second-order valence-corrected chi connectivity index (χ2v) is 7.49. The molecule has 0 spiro atoms. The van der Waals surface area contributed by atoms with E-state index in [1.54, 1.807) is 11.2 Å². The molecule has 4 aromatic rings. The van der Waals surface area contributed by atoms with Crippen LogP contribution in [0.3, 0.4) is 0 Å². The van der Waals surface area contributed by atoms with Gasteiger partial charge in [-0.3, -0.25) is 4.79 Å². The molecule has 6 heteroatoms. The topological polar surface area (TPSA) is 53.9 Å². The second-order valence-electron chi connectivity index (χ2n) is 7.49. The Morgan fingerprint density at radius 2 is 1.90 bits per heavy atom. The lowest BCUT2D eigenvalue weighted by Gasteiger charge is -2.16. The molecule has 5 nitrogen and oxygen atoms in total. The molecule has 0 unspecified atom stereocenters. The Labute approximate surface area is 175 Å². The molecule has 0 fully saturated rings. The molecule has 2 aromatic carbocycles. The zero-order valence-corrected chi connectivity index (χ0v) is 17.3. The van der Waals surface area contributed by atoms with E-state index >= 15 is 0 Å². The van der Waals surface area contributed by atoms with Gasteiger partial charge in [0.25, 0.3) is 5.91 Å². The van der Waals surface area contributed by atoms with Gasteiger partial charge in [-0.2, -0.15) is 0 Å². The van der Waals surface area contributed by atoms with Gasteiger partial charge in [0, 0.05) is 30.0 Å². The number of nitrogens with zero attached hydrogens (tertiary/aromatic N) is 3. The Morgan fingerprint density at radius 3 is 2.69 bits per heavy atom. The van der Waals surface area contributed by atoms with Crippen molar-refractivity contribution in [2.24, 2.45) is 0 Å². The molecule has 2 aromatic heterocycles. The monoisotopic (exact) mass is 406 g/mol. The van der Waals surface area contributed by atoms with Crippen molar-refractivity contribution in [3.8, 4) is 5.69 Å². The van der Waals surface area contributed by atoms with Crippen LogP contribution in [0.25, 0.3) is 16.6 Å². The summed E-state index contributed by atoms with van der Waals surface area (Å²) >= 11 is 0. The first-order chi connectivity index (χ1) is 13.6. The highest BCUT2D eigenvalue weighted by atomic mass is 35.5. The molecule has 1 amide bonds. The number of rotatable bonds is 3. The molecule has 3 heterocycles. The molecule has 0 saturated heterocycles. The molecule has 1 aliphatic rings. The molecular weight excluding hydrogens is 384 g/mol. The largest absolute Gasteiger partial charge is 0.348 e. The van der Waals surface area contributed by atoms with Gasteiger partial charge in [0.05, 0.1) is 29.6 Å². The normalized spacial score (nSPS) is 12.2. The average molecular weight is 407 g/mol. The minimum atomic E-state index is 0. The van der Waals surface area contributed by atoms with E-state index in [1.165, 1.54) is 16.8 Å². The highest BCUT2D eigenvalue weighted by molar-refractivity contribution is 6.08. The number of benzene rings is 2. The third-order valence-electron chi connectivity index (χ3n) is 5.72. The maximum atomic E-state index is 13.3. The lowest BCUT2D eigenvalue weighted by molar-refractivity contribution is 0.0785. The first-order valence-corrected chi connectivity index (χ1v) is 9.59. The van der Waals surface area contributed by atoms with Crippen LogP contribution in [0.4, 0.5) is 0 Å². The van der Waals surface area contributed by atoms with Crippen LogP contribution in [0.5, 0.6) is 0 Å². The molecule has 0 bridgehead atoms. The quantitative estimate of drug-likeness (QED) is 0.546. The Balaban J connectivity index is 0.00000205. The van der Waals surface area contributed by atoms with E-state index in [1.807, 2.05) is 20.2 Å². The van der Waals surface area contributed by atoms with Crippen LogP contribution >= 0.6 is 12.4 Å². The van der Waals surface area contributed by atoms with Gasteiger partial charge in [-0.25, -0.2) is 4.98 Å². The summed E-state index contributed by atoms with van der Waals surface area (Å²) in [7, 11) is 1.84. The van der Waals surface area contributed by atoms with E-state index < -0.39 is 0 Å². The standard InChI is InChI=1S/C23H22N4O.ClH/c1-15-20(25-14-24-15)13-26(2)23(28)19-12-27-21-9-4-3-6-16(21)10-11-17-7-5-8-18(19)22(17)27;/h3-9,12,14H,10-11,13H2,1-2H3,(H,24,25);1H. The number of H-pyrrole nitrogens is 1. The summed E-state index contributed by atoms with van der Waals surface area (Å²) in [5.74, 6) is 0.0151. The van der Waals surface area contributed by atoms with Crippen LogP contribution in [0.15, 0.2) is 55.0 Å². The number of imidazole rings is 1. The molecule has 0 radical (unpaired) electrons. The number of halogens is 1. The molecule has 5 rings (SSSR count). The SMILES string of the molecule is Cc1[nH]cnc1CN(C)C(=O)c1cn2c3c(cccc13)CCc1ccccc1-2.Cl. The molecule has 0 atom stereocenters. The Bertz CT molecular complexity index is 1210. The maximum Gasteiger partial charge on any atom is 0.256 e. The number of nitrogens with one attached hydrogen (secondary N) is 1. The second kappa shape index (κ2) is 7.41. The van der Waals surface area contributed by atoms with E-state index in [9.17, 15) is 4.79 Å². The number of aromatic nitrogens is 3. The molecule has 1 N–H and O–H groups in total. The van der Waals surface area contributed by atoms with E-state index in [0.717, 1.165) is 40.7 Å². The molecule has 29 heavy (non-hydrogen) atoms. The first-order valence-electron chi connectivity index (χ1n) is 9.59. The number of carbonyl (C=O) groups excluding carboxylic acids is 1. The first kappa shape index (κ1) is 19.3. The van der Waals surface area contributed by atoms with E-state index in [2.05, 4.69) is 57.0 Å². The fourth-order valence-corrected chi connectivity index (χ4v) is 4.19. The number of amides is 1. The number of aromatic amines is 1. The minimum absolute atomic E-state index is 0. The summed E-state index contributed by atoms with van der Waals surface area (Å²) in [6.45, 7) is 2.46. The predicted molar refractivity (Wildman–Crippen MR) is 117 cm³/mol. The average Bonchev–Trinajstić information content (AvgIpc) is 3.25. The van der Waals surface area contributed by atoms with Gasteiger partial charge >= 0.3 is 0 Å². The molecule has 0 saturated carbocycles. The fourth-order valence-electron chi connectivity index (χ4n) is 4.19. The highest BCUT2D eigenvalue weighted by Crippen LogP contribution is 2.33. The fraction of sp³-hybridized carbons (Fsp3) is 0.217. The van der Waals surface area contributed by atoms with Crippen molar-refractivity contribution in [3.05, 3.63) is 83.1 Å². The zero-order chi connectivity index (χ0) is 19.3. The van der Waals surface area contributed by atoms with Crippen LogP contribution in [0.1, 0.15) is 32.9 Å². The van der Waals surface area contributed by atoms with Gasteiger partial charge < -0.3 is 14.5 Å². The Kier molecular flexibility index (Phi) is 4.92. The number of hydrogen-bond donors (Lipinski definition) is 1. The summed E-state index contributed by atoms with van der Waals surface area (Å²) in [5, 5.41) is 1.02. The van der Waals surface area contributed by atoms with E-state index in [0.29, 0.717) is 6.54 Å². The molecule has 1 aliphatic heterocycles. The third kappa shape index (κ3) is 3.12. The number of para-hydroxylation sites is 2. The smallest absolute Gasteiger partial charge is 0.256 e. The van der Waals surface area contributed by atoms with Crippen molar-refractivity contribution in [2.45, 2.75) is 26.3 Å². The molecule has 148 valence electrons.